The van der Waals surface area contributed by atoms with Gasteiger partial charge in [0.2, 0.25) is 0 Å². The number of nitrogens with two attached hydrogens (primary N) is 1. The molecule has 0 amide bonds. The van der Waals surface area contributed by atoms with Crippen molar-refractivity contribution in [2.75, 3.05) is 19.6 Å². The predicted molar refractivity (Wildman–Crippen MR) is 72.7 cm³/mol. The normalized spacial score (nSPS) is 16.9. The Balaban J connectivity index is 2.18. The third-order valence-corrected chi connectivity index (χ3v) is 3.63. The van der Waals surface area contributed by atoms with Crippen molar-refractivity contribution in [1.82, 2.24) is 4.90 Å². The summed E-state index contributed by atoms with van der Waals surface area (Å²) in [5, 5.41) is 0. The van der Waals surface area contributed by atoms with Gasteiger partial charge in [0.15, 0.2) is 0 Å². The maximum absolute atomic E-state index is 13.3. The molecule has 0 bridgehead atoms. The van der Waals surface area contributed by atoms with Crippen molar-refractivity contribution in [3.8, 4) is 0 Å². The Bertz CT molecular complexity index is 398. The van der Waals surface area contributed by atoms with E-state index < -0.39 is 11.6 Å². The zero-order chi connectivity index (χ0) is 13.8. The van der Waals surface area contributed by atoms with E-state index in [0.29, 0.717) is 12.1 Å². The summed E-state index contributed by atoms with van der Waals surface area (Å²) < 4.78 is 26.7. The van der Waals surface area contributed by atoms with Crippen LogP contribution in [0.3, 0.4) is 0 Å². The molecule has 106 valence electrons. The molecular weight excluding hydrogens is 246 g/mol. The van der Waals surface area contributed by atoms with Crippen LogP contribution in [0.2, 0.25) is 0 Å². The lowest BCUT2D eigenvalue weighted by molar-refractivity contribution is 0.192. The summed E-state index contributed by atoms with van der Waals surface area (Å²) in [7, 11) is 0. The molecule has 19 heavy (non-hydrogen) atoms. The molecule has 1 aliphatic carbocycles. The molecule has 2 rings (SSSR count). The number of nitrogens with zero attached hydrogens (tertiary/aromatic N) is 1. The summed E-state index contributed by atoms with van der Waals surface area (Å²) in [6.07, 6.45) is 3.53. The molecule has 0 aromatic heterocycles. The minimum Gasteiger partial charge on any atom is -0.329 e. The quantitative estimate of drug-likeness (QED) is 0.823. The average Bonchev–Trinajstić information content (AvgIpc) is 3.13. The maximum atomic E-state index is 13.3. The number of hydrogen-bond donors (Lipinski definition) is 1. The largest absolute Gasteiger partial charge is 0.329 e. The summed E-state index contributed by atoms with van der Waals surface area (Å²) in [6.45, 7) is 4.39. The lowest BCUT2D eigenvalue weighted by Gasteiger charge is -2.31. The van der Waals surface area contributed by atoms with E-state index in [0.717, 1.165) is 31.5 Å². The molecule has 0 radical (unpaired) electrons. The van der Waals surface area contributed by atoms with Crippen molar-refractivity contribution < 1.29 is 8.78 Å². The van der Waals surface area contributed by atoms with Gasteiger partial charge in [-0.15, -0.1) is 0 Å². The highest BCUT2D eigenvalue weighted by atomic mass is 19.1. The first kappa shape index (κ1) is 14.4. The molecule has 1 fully saturated rings. The molecule has 2 nitrogen and oxygen atoms in total. The van der Waals surface area contributed by atoms with E-state index in [2.05, 4.69) is 11.8 Å². The fourth-order valence-electron chi connectivity index (χ4n) is 2.56. The van der Waals surface area contributed by atoms with Gasteiger partial charge < -0.3 is 5.73 Å². The molecule has 1 atom stereocenters. The van der Waals surface area contributed by atoms with E-state index >= 15 is 0 Å². The van der Waals surface area contributed by atoms with Crippen molar-refractivity contribution in [3.05, 3.63) is 35.4 Å². The predicted octanol–water partition coefficient (Wildman–Crippen LogP) is 3.09. The first-order chi connectivity index (χ1) is 9.13. The molecular formula is C15H22F2N2. The van der Waals surface area contributed by atoms with E-state index in [4.69, 9.17) is 5.73 Å². The summed E-state index contributed by atoms with van der Waals surface area (Å²) in [5.74, 6) is -0.327. The van der Waals surface area contributed by atoms with Crippen molar-refractivity contribution >= 4 is 0 Å². The van der Waals surface area contributed by atoms with Crippen LogP contribution >= 0.6 is 0 Å². The van der Waals surface area contributed by atoms with Crippen LogP contribution in [0.5, 0.6) is 0 Å². The van der Waals surface area contributed by atoms with Crippen LogP contribution < -0.4 is 5.73 Å². The summed E-state index contributed by atoms with van der Waals surface area (Å²) in [6, 6.07) is 3.61. The SMILES string of the molecule is CCCN(CC1CC1)C(CN)c1cc(F)cc(F)c1. The van der Waals surface area contributed by atoms with Crippen molar-refractivity contribution in [2.24, 2.45) is 11.7 Å². The smallest absolute Gasteiger partial charge is 0.126 e. The van der Waals surface area contributed by atoms with Gasteiger partial charge in [0.1, 0.15) is 11.6 Å². The molecule has 1 aromatic rings. The molecule has 1 unspecified atom stereocenters. The lowest BCUT2D eigenvalue weighted by Crippen LogP contribution is -2.36. The van der Waals surface area contributed by atoms with Gasteiger partial charge in [-0.3, -0.25) is 4.90 Å². The number of rotatable bonds is 7. The summed E-state index contributed by atoms with van der Waals surface area (Å²) >= 11 is 0. The van der Waals surface area contributed by atoms with Gasteiger partial charge in [0.25, 0.3) is 0 Å². The Kier molecular flexibility index (Phi) is 4.88. The third kappa shape index (κ3) is 3.98. The monoisotopic (exact) mass is 268 g/mol. The zero-order valence-electron chi connectivity index (χ0n) is 11.4. The minimum atomic E-state index is -0.531. The number of benzene rings is 1. The van der Waals surface area contributed by atoms with Crippen LogP contribution in [0.4, 0.5) is 8.78 Å². The van der Waals surface area contributed by atoms with Crippen molar-refractivity contribution in [3.63, 3.8) is 0 Å². The van der Waals surface area contributed by atoms with Crippen molar-refractivity contribution in [1.29, 1.82) is 0 Å². The highest BCUT2D eigenvalue weighted by Gasteiger charge is 2.28. The van der Waals surface area contributed by atoms with Gasteiger partial charge in [-0.25, -0.2) is 8.78 Å². The Labute approximate surface area is 113 Å². The van der Waals surface area contributed by atoms with E-state index in [1.807, 2.05) is 0 Å². The van der Waals surface area contributed by atoms with Gasteiger partial charge in [0.05, 0.1) is 0 Å². The summed E-state index contributed by atoms with van der Waals surface area (Å²) in [5.41, 5.74) is 6.49. The van der Waals surface area contributed by atoms with Gasteiger partial charge >= 0.3 is 0 Å². The van der Waals surface area contributed by atoms with Gasteiger partial charge in [-0.05, 0) is 49.4 Å². The van der Waals surface area contributed by atoms with Crippen LogP contribution in [0.25, 0.3) is 0 Å². The van der Waals surface area contributed by atoms with E-state index in [1.165, 1.54) is 25.0 Å². The molecule has 0 saturated heterocycles. The number of halogens is 2. The first-order valence-electron chi connectivity index (χ1n) is 7.04. The van der Waals surface area contributed by atoms with Gasteiger partial charge in [0, 0.05) is 25.2 Å². The molecule has 1 saturated carbocycles. The van der Waals surface area contributed by atoms with Crippen LogP contribution in [0.15, 0.2) is 18.2 Å². The standard InChI is InChI=1S/C15H22F2N2/c1-2-5-19(10-11-3-4-11)15(9-18)12-6-13(16)8-14(17)7-12/h6-8,11,15H,2-5,9-10,18H2,1H3. The Morgan fingerprint density at radius 2 is 1.89 bits per heavy atom. The molecule has 1 aliphatic rings. The molecule has 1 aromatic carbocycles. The number of hydrogen-bond acceptors (Lipinski definition) is 2. The van der Waals surface area contributed by atoms with Crippen LogP contribution in [-0.4, -0.2) is 24.5 Å². The van der Waals surface area contributed by atoms with E-state index in [-0.39, 0.29) is 6.04 Å². The van der Waals surface area contributed by atoms with E-state index in [1.54, 1.807) is 0 Å². The molecule has 0 aliphatic heterocycles. The van der Waals surface area contributed by atoms with Gasteiger partial charge in [-0.1, -0.05) is 6.92 Å². The van der Waals surface area contributed by atoms with E-state index in [9.17, 15) is 8.78 Å². The maximum Gasteiger partial charge on any atom is 0.126 e. The third-order valence-electron chi connectivity index (χ3n) is 3.63. The fourth-order valence-corrected chi connectivity index (χ4v) is 2.56. The first-order valence-corrected chi connectivity index (χ1v) is 7.04. The lowest BCUT2D eigenvalue weighted by atomic mass is 10.0. The molecule has 4 heteroatoms. The second-order valence-electron chi connectivity index (χ2n) is 5.39. The zero-order valence-corrected chi connectivity index (χ0v) is 11.4. The highest BCUT2D eigenvalue weighted by Crippen LogP contribution is 2.33. The minimum absolute atomic E-state index is 0.0919. The Hall–Kier alpha value is -1.00. The topological polar surface area (TPSA) is 29.3 Å². The van der Waals surface area contributed by atoms with Gasteiger partial charge in [-0.2, -0.15) is 0 Å². The van der Waals surface area contributed by atoms with Crippen molar-refractivity contribution in [2.45, 2.75) is 32.2 Å². The highest BCUT2D eigenvalue weighted by molar-refractivity contribution is 5.22. The Morgan fingerprint density at radius 3 is 2.37 bits per heavy atom. The Morgan fingerprint density at radius 1 is 1.26 bits per heavy atom. The average molecular weight is 268 g/mol. The van der Waals surface area contributed by atoms with Crippen LogP contribution in [0, 0.1) is 17.6 Å². The second kappa shape index (κ2) is 6.44. The molecule has 2 N–H and O–H groups in total. The van der Waals surface area contributed by atoms with Crippen LogP contribution in [0.1, 0.15) is 37.8 Å². The molecule has 0 heterocycles. The second-order valence-corrected chi connectivity index (χ2v) is 5.39. The summed E-state index contributed by atoms with van der Waals surface area (Å²) in [4.78, 5) is 2.27. The molecule has 0 spiro atoms. The fraction of sp³-hybridized carbons (Fsp3) is 0.600. The van der Waals surface area contributed by atoms with Crippen LogP contribution in [-0.2, 0) is 0 Å².